The van der Waals surface area contributed by atoms with Gasteiger partial charge in [-0.3, -0.25) is 0 Å². The van der Waals surface area contributed by atoms with Crippen molar-refractivity contribution in [3.05, 3.63) is 63.6 Å². The minimum atomic E-state index is 0.560. The monoisotopic (exact) mass is 290 g/mol. The molecule has 0 amide bonds. The van der Waals surface area contributed by atoms with Crippen molar-refractivity contribution in [3.8, 4) is 6.07 Å². The van der Waals surface area contributed by atoms with Gasteiger partial charge in [-0.25, -0.2) is 0 Å². The topological polar surface area (TPSA) is 27.0 Å². The number of halogens is 2. The molecule has 0 aliphatic carbocycles. The summed E-state index contributed by atoms with van der Waals surface area (Å²) >= 11 is 12.1. The van der Waals surface area contributed by atoms with Crippen LogP contribution in [0.25, 0.3) is 0 Å². The Morgan fingerprint density at radius 1 is 1.16 bits per heavy atom. The molecule has 0 aliphatic heterocycles. The molecule has 0 aromatic heterocycles. The van der Waals surface area contributed by atoms with Crippen LogP contribution in [0.4, 0.5) is 5.69 Å². The van der Waals surface area contributed by atoms with E-state index < -0.39 is 0 Å². The Morgan fingerprint density at radius 3 is 2.58 bits per heavy atom. The third kappa shape index (κ3) is 3.41. The molecule has 2 aromatic carbocycles. The summed E-state index contributed by atoms with van der Waals surface area (Å²) in [7, 11) is 1.95. The van der Waals surface area contributed by atoms with Crippen LogP contribution in [0.3, 0.4) is 0 Å². The standard InChI is InChI=1S/C15H12Cl2N2/c1-19(10-12-3-2-4-13(16)7-12)15-6-5-11(9-18)8-14(15)17/h2-8H,10H2,1H3. The van der Waals surface area contributed by atoms with Gasteiger partial charge in [-0.1, -0.05) is 35.3 Å². The van der Waals surface area contributed by atoms with Crippen LogP contribution in [0.2, 0.25) is 10.0 Å². The first-order valence-corrected chi connectivity index (χ1v) is 6.51. The first-order valence-electron chi connectivity index (χ1n) is 5.75. The molecule has 2 aromatic rings. The lowest BCUT2D eigenvalue weighted by molar-refractivity contribution is 0.923. The predicted molar refractivity (Wildman–Crippen MR) is 79.7 cm³/mol. The Hall–Kier alpha value is -1.69. The molecule has 0 unspecified atom stereocenters. The largest absolute Gasteiger partial charge is 0.369 e. The third-order valence-electron chi connectivity index (χ3n) is 2.80. The smallest absolute Gasteiger partial charge is 0.0992 e. The van der Waals surface area contributed by atoms with E-state index in [1.54, 1.807) is 12.1 Å². The Bertz CT molecular complexity index is 632. The molecule has 0 fully saturated rings. The summed E-state index contributed by atoms with van der Waals surface area (Å²) in [5.41, 5.74) is 2.56. The fourth-order valence-electron chi connectivity index (χ4n) is 1.88. The Balaban J connectivity index is 2.21. The summed E-state index contributed by atoms with van der Waals surface area (Å²) in [6.45, 7) is 0.701. The molecule has 0 bridgehead atoms. The van der Waals surface area contributed by atoms with Crippen molar-refractivity contribution in [2.75, 3.05) is 11.9 Å². The molecule has 0 heterocycles. The SMILES string of the molecule is CN(Cc1cccc(Cl)c1)c1ccc(C#N)cc1Cl. The van der Waals surface area contributed by atoms with Gasteiger partial charge in [-0.05, 0) is 35.9 Å². The number of rotatable bonds is 3. The van der Waals surface area contributed by atoms with Gasteiger partial charge in [-0.2, -0.15) is 5.26 Å². The zero-order valence-corrected chi connectivity index (χ0v) is 11.9. The van der Waals surface area contributed by atoms with Gasteiger partial charge in [0.2, 0.25) is 0 Å². The van der Waals surface area contributed by atoms with Crippen molar-refractivity contribution in [2.45, 2.75) is 6.54 Å². The second kappa shape index (κ2) is 5.97. The van der Waals surface area contributed by atoms with E-state index in [-0.39, 0.29) is 0 Å². The Morgan fingerprint density at radius 2 is 1.95 bits per heavy atom. The molecule has 0 atom stereocenters. The molecular weight excluding hydrogens is 279 g/mol. The quantitative estimate of drug-likeness (QED) is 0.832. The second-order valence-corrected chi connectivity index (χ2v) is 5.11. The van der Waals surface area contributed by atoms with E-state index in [1.165, 1.54) is 0 Å². The fraction of sp³-hybridized carbons (Fsp3) is 0.133. The molecule has 0 N–H and O–H groups in total. The zero-order chi connectivity index (χ0) is 13.8. The van der Waals surface area contributed by atoms with Gasteiger partial charge >= 0.3 is 0 Å². The summed E-state index contributed by atoms with van der Waals surface area (Å²) in [6, 6.07) is 15.1. The molecule has 96 valence electrons. The predicted octanol–water partition coefficient (Wildman–Crippen LogP) is 4.50. The number of nitrogens with zero attached hydrogens (tertiary/aromatic N) is 2. The summed E-state index contributed by atoms with van der Waals surface area (Å²) in [5, 5.41) is 10.1. The van der Waals surface area contributed by atoms with Crippen molar-refractivity contribution in [3.63, 3.8) is 0 Å². The van der Waals surface area contributed by atoms with E-state index in [0.29, 0.717) is 17.1 Å². The van der Waals surface area contributed by atoms with Gasteiger partial charge in [0.15, 0.2) is 0 Å². The zero-order valence-electron chi connectivity index (χ0n) is 10.4. The van der Waals surface area contributed by atoms with E-state index in [4.69, 9.17) is 28.5 Å². The van der Waals surface area contributed by atoms with Crippen LogP contribution in [0.5, 0.6) is 0 Å². The molecule has 19 heavy (non-hydrogen) atoms. The van der Waals surface area contributed by atoms with Crippen molar-refractivity contribution < 1.29 is 0 Å². The van der Waals surface area contributed by atoms with Crippen LogP contribution in [0, 0.1) is 11.3 Å². The third-order valence-corrected chi connectivity index (χ3v) is 3.33. The highest BCUT2D eigenvalue weighted by Crippen LogP contribution is 2.27. The number of nitriles is 1. The highest BCUT2D eigenvalue weighted by atomic mass is 35.5. The van der Waals surface area contributed by atoms with Crippen LogP contribution in [-0.2, 0) is 6.54 Å². The summed E-state index contributed by atoms with van der Waals surface area (Å²) in [6.07, 6.45) is 0. The second-order valence-electron chi connectivity index (χ2n) is 4.26. The Labute approximate surface area is 122 Å². The molecule has 0 spiro atoms. The van der Waals surface area contributed by atoms with Gasteiger partial charge < -0.3 is 4.90 Å². The van der Waals surface area contributed by atoms with Crippen molar-refractivity contribution in [2.24, 2.45) is 0 Å². The normalized spacial score (nSPS) is 10.0. The maximum absolute atomic E-state index is 8.82. The van der Waals surface area contributed by atoms with Crippen molar-refractivity contribution in [1.82, 2.24) is 0 Å². The van der Waals surface area contributed by atoms with Gasteiger partial charge in [0, 0.05) is 18.6 Å². The minimum absolute atomic E-state index is 0.560. The number of benzene rings is 2. The highest BCUT2D eigenvalue weighted by molar-refractivity contribution is 6.33. The lowest BCUT2D eigenvalue weighted by Crippen LogP contribution is -2.16. The fourth-order valence-corrected chi connectivity index (χ4v) is 2.42. The molecule has 4 heteroatoms. The van der Waals surface area contributed by atoms with Gasteiger partial charge in [0.05, 0.1) is 22.3 Å². The van der Waals surface area contributed by atoms with Crippen LogP contribution in [0.15, 0.2) is 42.5 Å². The summed E-state index contributed by atoms with van der Waals surface area (Å²) < 4.78 is 0. The van der Waals surface area contributed by atoms with E-state index in [0.717, 1.165) is 16.3 Å². The van der Waals surface area contributed by atoms with Crippen LogP contribution >= 0.6 is 23.2 Å². The molecule has 0 saturated carbocycles. The van der Waals surface area contributed by atoms with Crippen LogP contribution < -0.4 is 4.90 Å². The number of anilines is 1. The maximum Gasteiger partial charge on any atom is 0.0992 e. The molecule has 0 saturated heterocycles. The van der Waals surface area contributed by atoms with Gasteiger partial charge in [0.1, 0.15) is 0 Å². The lowest BCUT2D eigenvalue weighted by Gasteiger charge is -2.21. The average molecular weight is 291 g/mol. The summed E-state index contributed by atoms with van der Waals surface area (Å²) in [5.74, 6) is 0. The maximum atomic E-state index is 8.82. The van der Waals surface area contributed by atoms with Gasteiger partial charge in [0.25, 0.3) is 0 Å². The molecular formula is C15H12Cl2N2. The van der Waals surface area contributed by atoms with Crippen molar-refractivity contribution in [1.29, 1.82) is 5.26 Å². The van der Waals surface area contributed by atoms with Crippen molar-refractivity contribution >= 4 is 28.9 Å². The average Bonchev–Trinajstić information content (AvgIpc) is 2.38. The molecule has 0 radical (unpaired) electrons. The van der Waals surface area contributed by atoms with Gasteiger partial charge in [-0.15, -0.1) is 0 Å². The van der Waals surface area contributed by atoms with E-state index in [9.17, 15) is 0 Å². The Kier molecular flexibility index (Phi) is 4.31. The minimum Gasteiger partial charge on any atom is -0.369 e. The van der Waals surface area contributed by atoms with Crippen LogP contribution in [0.1, 0.15) is 11.1 Å². The first-order chi connectivity index (χ1) is 9.10. The lowest BCUT2D eigenvalue weighted by atomic mass is 10.2. The van der Waals surface area contributed by atoms with E-state index in [2.05, 4.69) is 6.07 Å². The van der Waals surface area contributed by atoms with Crippen LogP contribution in [-0.4, -0.2) is 7.05 Å². The highest BCUT2D eigenvalue weighted by Gasteiger charge is 2.08. The molecule has 2 nitrogen and oxygen atoms in total. The number of hydrogen-bond acceptors (Lipinski definition) is 2. The van der Waals surface area contributed by atoms with E-state index >= 15 is 0 Å². The molecule has 0 aliphatic rings. The first kappa shape index (κ1) is 13.7. The molecule has 2 rings (SSSR count). The number of hydrogen-bond donors (Lipinski definition) is 0. The summed E-state index contributed by atoms with van der Waals surface area (Å²) in [4.78, 5) is 2.02. The van der Waals surface area contributed by atoms with E-state index in [1.807, 2.05) is 42.3 Å².